The molecule has 2 heterocycles. The number of para-hydroxylation sites is 2. The van der Waals surface area contributed by atoms with Gasteiger partial charge in [0, 0.05) is 19.6 Å². The van der Waals surface area contributed by atoms with Crippen LogP contribution in [-0.2, 0) is 4.79 Å². The average molecular weight is 426 g/mol. The highest BCUT2D eigenvalue weighted by molar-refractivity contribution is 5.87. The Morgan fingerprint density at radius 1 is 0.906 bits per heavy atom. The summed E-state index contributed by atoms with van der Waals surface area (Å²) < 4.78 is 5.92. The molecule has 5 rings (SSSR count). The number of hydrogen-bond donors (Lipinski definition) is 1. The summed E-state index contributed by atoms with van der Waals surface area (Å²) in [7, 11) is 0. The first-order valence-electron chi connectivity index (χ1n) is 11.3. The summed E-state index contributed by atoms with van der Waals surface area (Å²) in [5, 5.41) is 3.23. The Bertz CT molecular complexity index is 1090. The van der Waals surface area contributed by atoms with Crippen molar-refractivity contribution in [3.05, 3.63) is 96.1 Å². The minimum atomic E-state index is -0.294. The second-order valence-corrected chi connectivity index (χ2v) is 8.39. The lowest BCUT2D eigenvalue weighted by Crippen LogP contribution is -2.40. The molecule has 0 radical (unpaired) electrons. The number of hydrogen-bond acceptors (Lipinski definition) is 4. The van der Waals surface area contributed by atoms with Crippen LogP contribution >= 0.6 is 0 Å². The van der Waals surface area contributed by atoms with E-state index in [4.69, 9.17) is 4.42 Å². The molecule has 1 aromatic heterocycles. The molecule has 32 heavy (non-hydrogen) atoms. The van der Waals surface area contributed by atoms with E-state index in [1.807, 2.05) is 84.9 Å². The van der Waals surface area contributed by atoms with Gasteiger partial charge in [-0.25, -0.2) is 0 Å². The summed E-state index contributed by atoms with van der Waals surface area (Å²) >= 11 is 0. The summed E-state index contributed by atoms with van der Waals surface area (Å²) in [4.78, 5) is 20.0. The van der Waals surface area contributed by atoms with E-state index in [2.05, 4.69) is 15.2 Å². The van der Waals surface area contributed by atoms with Gasteiger partial charge in [0.05, 0.1) is 5.92 Å². The predicted octanol–water partition coefficient (Wildman–Crippen LogP) is 4.99. The number of nitrogens with zero attached hydrogens (tertiary/aromatic N) is 2. The van der Waals surface area contributed by atoms with Gasteiger partial charge in [-0.3, -0.25) is 4.79 Å². The van der Waals surface area contributed by atoms with Crippen molar-refractivity contribution in [1.82, 2.24) is 10.3 Å². The lowest BCUT2D eigenvalue weighted by Gasteiger charge is -2.31. The molecule has 0 atom stereocenters. The maximum absolute atomic E-state index is 13.2. The van der Waals surface area contributed by atoms with Gasteiger partial charge in [-0.1, -0.05) is 72.8 Å². The Morgan fingerprint density at radius 2 is 1.50 bits per heavy atom. The second-order valence-electron chi connectivity index (χ2n) is 8.39. The number of anilines is 1. The van der Waals surface area contributed by atoms with Crippen LogP contribution in [0.2, 0.25) is 0 Å². The van der Waals surface area contributed by atoms with Gasteiger partial charge in [-0.2, -0.15) is 4.98 Å². The number of benzene rings is 3. The average Bonchev–Trinajstić information content (AvgIpc) is 3.29. The van der Waals surface area contributed by atoms with Crippen LogP contribution in [0.15, 0.2) is 89.3 Å². The number of rotatable bonds is 6. The molecule has 0 spiro atoms. The van der Waals surface area contributed by atoms with E-state index in [1.165, 1.54) is 0 Å². The maximum atomic E-state index is 13.2. The number of carbonyl (C=O) groups excluding carboxylic acids is 1. The van der Waals surface area contributed by atoms with Crippen molar-refractivity contribution in [2.45, 2.75) is 18.8 Å². The summed E-state index contributed by atoms with van der Waals surface area (Å²) in [6, 6.07) is 28.6. The lowest BCUT2D eigenvalue weighted by molar-refractivity contribution is -0.121. The third kappa shape index (κ3) is 4.37. The third-order valence-electron chi connectivity index (χ3n) is 6.26. The molecule has 3 aromatic carbocycles. The second kappa shape index (κ2) is 9.27. The maximum Gasteiger partial charge on any atom is 0.298 e. The van der Waals surface area contributed by atoms with Crippen molar-refractivity contribution in [2.75, 3.05) is 24.5 Å². The molecule has 5 nitrogen and oxygen atoms in total. The first kappa shape index (κ1) is 20.3. The molecule has 0 bridgehead atoms. The zero-order chi connectivity index (χ0) is 21.8. The van der Waals surface area contributed by atoms with Gasteiger partial charge in [-0.15, -0.1) is 0 Å². The zero-order valence-corrected chi connectivity index (χ0v) is 18.0. The molecular formula is C27H27N3O2. The number of oxazole rings is 1. The summed E-state index contributed by atoms with van der Waals surface area (Å²) in [6.45, 7) is 2.46. The fourth-order valence-electron chi connectivity index (χ4n) is 4.46. The van der Waals surface area contributed by atoms with Crippen molar-refractivity contribution in [2.24, 2.45) is 5.92 Å². The van der Waals surface area contributed by atoms with E-state index in [0.29, 0.717) is 18.5 Å². The normalized spacial score (nSPS) is 14.7. The van der Waals surface area contributed by atoms with Crippen LogP contribution in [0.5, 0.6) is 0 Å². The fourth-order valence-corrected chi connectivity index (χ4v) is 4.46. The van der Waals surface area contributed by atoms with E-state index in [9.17, 15) is 4.79 Å². The van der Waals surface area contributed by atoms with Crippen LogP contribution in [-0.4, -0.2) is 30.5 Å². The van der Waals surface area contributed by atoms with Crippen LogP contribution in [0.3, 0.4) is 0 Å². The SMILES string of the molecule is O=C(NCC1CCN(c2nc3ccccc3o2)CC1)C(c1ccccc1)c1ccccc1. The van der Waals surface area contributed by atoms with Gasteiger partial charge in [0.1, 0.15) is 5.52 Å². The molecule has 1 aliphatic heterocycles. The van der Waals surface area contributed by atoms with E-state index >= 15 is 0 Å². The van der Waals surface area contributed by atoms with Crippen LogP contribution < -0.4 is 10.2 Å². The first-order chi connectivity index (χ1) is 15.8. The summed E-state index contributed by atoms with van der Waals surface area (Å²) in [5.41, 5.74) is 3.75. The number of carbonyl (C=O) groups is 1. The minimum Gasteiger partial charge on any atom is -0.423 e. The highest BCUT2D eigenvalue weighted by atomic mass is 16.4. The van der Waals surface area contributed by atoms with Crippen molar-refractivity contribution in [3.8, 4) is 0 Å². The Balaban J connectivity index is 1.20. The van der Waals surface area contributed by atoms with Crippen LogP contribution in [0.1, 0.15) is 29.9 Å². The molecule has 4 aromatic rings. The highest BCUT2D eigenvalue weighted by Gasteiger charge is 2.26. The van der Waals surface area contributed by atoms with Gasteiger partial charge < -0.3 is 14.6 Å². The fraction of sp³-hybridized carbons (Fsp3) is 0.259. The largest absolute Gasteiger partial charge is 0.423 e. The minimum absolute atomic E-state index is 0.0591. The van der Waals surface area contributed by atoms with Gasteiger partial charge in [0.25, 0.3) is 6.01 Å². The standard InChI is InChI=1S/C27H27N3O2/c31-26(25(21-9-3-1-4-10-21)22-11-5-2-6-12-22)28-19-20-15-17-30(18-16-20)27-29-23-13-7-8-14-24(23)32-27/h1-14,20,25H,15-19H2,(H,28,31). The molecule has 162 valence electrons. The predicted molar refractivity (Wildman–Crippen MR) is 127 cm³/mol. The van der Waals surface area contributed by atoms with Crippen LogP contribution in [0, 0.1) is 5.92 Å². The molecule has 1 aliphatic rings. The molecule has 1 N–H and O–H groups in total. The van der Waals surface area contributed by atoms with E-state index in [-0.39, 0.29) is 11.8 Å². The summed E-state index contributed by atoms with van der Waals surface area (Å²) in [6.07, 6.45) is 2.00. The van der Waals surface area contributed by atoms with Gasteiger partial charge >= 0.3 is 0 Å². The van der Waals surface area contributed by atoms with Crippen molar-refractivity contribution in [3.63, 3.8) is 0 Å². The molecule has 1 saturated heterocycles. The van der Waals surface area contributed by atoms with Gasteiger partial charge in [-0.05, 0) is 42.0 Å². The third-order valence-corrected chi connectivity index (χ3v) is 6.26. The van der Waals surface area contributed by atoms with E-state index in [1.54, 1.807) is 0 Å². The number of fused-ring (bicyclic) bond motifs is 1. The highest BCUT2D eigenvalue weighted by Crippen LogP contribution is 2.27. The zero-order valence-electron chi connectivity index (χ0n) is 18.0. The van der Waals surface area contributed by atoms with E-state index < -0.39 is 0 Å². The van der Waals surface area contributed by atoms with Crippen LogP contribution in [0.25, 0.3) is 11.1 Å². The number of amides is 1. The van der Waals surface area contributed by atoms with Gasteiger partial charge in [0.2, 0.25) is 5.91 Å². The van der Waals surface area contributed by atoms with Crippen LogP contribution in [0.4, 0.5) is 6.01 Å². The number of aromatic nitrogens is 1. The Kier molecular flexibility index (Phi) is 5.88. The number of piperidine rings is 1. The molecule has 5 heteroatoms. The Hall–Kier alpha value is -3.60. The summed E-state index contributed by atoms with van der Waals surface area (Å²) in [5.74, 6) is 0.216. The van der Waals surface area contributed by atoms with Crippen molar-refractivity contribution < 1.29 is 9.21 Å². The van der Waals surface area contributed by atoms with E-state index in [0.717, 1.165) is 48.2 Å². The molecule has 0 saturated carbocycles. The Morgan fingerprint density at radius 3 is 2.12 bits per heavy atom. The smallest absolute Gasteiger partial charge is 0.298 e. The monoisotopic (exact) mass is 425 g/mol. The molecule has 0 aliphatic carbocycles. The first-order valence-corrected chi connectivity index (χ1v) is 11.3. The lowest BCUT2D eigenvalue weighted by atomic mass is 9.90. The molecule has 1 amide bonds. The quantitative estimate of drug-likeness (QED) is 0.473. The van der Waals surface area contributed by atoms with Crippen molar-refractivity contribution in [1.29, 1.82) is 0 Å². The topological polar surface area (TPSA) is 58.4 Å². The van der Waals surface area contributed by atoms with Gasteiger partial charge in [0.15, 0.2) is 5.58 Å². The molecule has 0 unspecified atom stereocenters. The Labute approximate surface area is 188 Å². The molecular weight excluding hydrogens is 398 g/mol. The number of nitrogens with one attached hydrogen (secondary N) is 1. The molecule has 1 fully saturated rings. The van der Waals surface area contributed by atoms with Crippen molar-refractivity contribution >= 4 is 23.0 Å².